The second-order valence-electron chi connectivity index (χ2n) is 3.90. The van der Waals surface area contributed by atoms with E-state index in [-0.39, 0.29) is 5.97 Å². The van der Waals surface area contributed by atoms with Gasteiger partial charge in [-0.2, -0.15) is 0 Å². The first-order valence-electron chi connectivity index (χ1n) is 5.93. The lowest BCUT2D eigenvalue weighted by molar-refractivity contribution is 0.0499. The number of nitrogens with two attached hydrogens (primary N) is 1. The molecule has 0 radical (unpaired) electrons. The van der Waals surface area contributed by atoms with Gasteiger partial charge in [0.05, 0.1) is 12.2 Å². The molecule has 1 aromatic carbocycles. The molecule has 0 fully saturated rings. The molecule has 18 heavy (non-hydrogen) atoms. The zero-order valence-electron chi connectivity index (χ0n) is 10.4. The van der Waals surface area contributed by atoms with Crippen molar-refractivity contribution in [2.75, 3.05) is 6.61 Å². The molecule has 0 aliphatic heterocycles. The minimum absolute atomic E-state index is 0.321. The van der Waals surface area contributed by atoms with Gasteiger partial charge in [0.15, 0.2) is 0 Å². The fourth-order valence-corrected chi connectivity index (χ4v) is 1.34. The van der Waals surface area contributed by atoms with Crippen LogP contribution in [0.5, 0.6) is 0 Å². The van der Waals surface area contributed by atoms with Gasteiger partial charge in [-0.1, -0.05) is 25.5 Å². The van der Waals surface area contributed by atoms with Crippen LogP contribution in [0.3, 0.4) is 0 Å². The van der Waals surface area contributed by atoms with Crippen LogP contribution < -0.4 is 11.1 Å². The fraction of sp³-hybridized carbons (Fsp3) is 0.385. The Hall–Kier alpha value is -2.04. The molecule has 0 aromatic heterocycles. The predicted molar refractivity (Wildman–Crippen MR) is 68.1 cm³/mol. The number of unbranched alkanes of at least 4 members (excludes halogenated alkanes) is 1. The minimum Gasteiger partial charge on any atom is -0.462 e. The van der Waals surface area contributed by atoms with Gasteiger partial charge in [-0.05, 0) is 24.1 Å². The van der Waals surface area contributed by atoms with Crippen molar-refractivity contribution in [3.63, 3.8) is 0 Å². The Morgan fingerprint density at radius 1 is 1.28 bits per heavy atom. The molecule has 98 valence electrons. The first-order chi connectivity index (χ1) is 8.63. The Bertz CT molecular complexity index is 401. The predicted octanol–water partition coefficient (Wildman–Crippen LogP) is 1.81. The van der Waals surface area contributed by atoms with Crippen molar-refractivity contribution in [3.8, 4) is 0 Å². The van der Waals surface area contributed by atoms with Crippen molar-refractivity contribution < 1.29 is 14.3 Å². The van der Waals surface area contributed by atoms with Crippen molar-refractivity contribution in [2.45, 2.75) is 26.3 Å². The molecule has 1 aromatic rings. The molecule has 0 bridgehead atoms. The van der Waals surface area contributed by atoms with Crippen LogP contribution in [0.4, 0.5) is 4.79 Å². The third-order valence-corrected chi connectivity index (χ3v) is 2.39. The molecule has 0 saturated carbocycles. The van der Waals surface area contributed by atoms with E-state index in [0.29, 0.717) is 18.7 Å². The maximum absolute atomic E-state index is 11.6. The molecular weight excluding hydrogens is 232 g/mol. The van der Waals surface area contributed by atoms with Gasteiger partial charge in [0.1, 0.15) is 0 Å². The van der Waals surface area contributed by atoms with Crippen LogP contribution in [0.1, 0.15) is 35.7 Å². The molecule has 0 aliphatic carbocycles. The lowest BCUT2D eigenvalue weighted by Crippen LogP contribution is -2.28. The number of benzene rings is 1. The number of carbonyl (C=O) groups is 2. The highest BCUT2D eigenvalue weighted by atomic mass is 16.5. The number of ether oxygens (including phenoxy) is 1. The van der Waals surface area contributed by atoms with E-state index < -0.39 is 6.03 Å². The van der Waals surface area contributed by atoms with E-state index in [9.17, 15) is 9.59 Å². The van der Waals surface area contributed by atoms with E-state index in [1.54, 1.807) is 24.3 Å². The van der Waals surface area contributed by atoms with Crippen molar-refractivity contribution in [2.24, 2.45) is 5.73 Å². The zero-order valence-corrected chi connectivity index (χ0v) is 10.4. The Kier molecular flexibility index (Phi) is 5.70. The van der Waals surface area contributed by atoms with E-state index in [4.69, 9.17) is 10.5 Å². The lowest BCUT2D eigenvalue weighted by atomic mass is 10.1. The Morgan fingerprint density at radius 2 is 1.94 bits per heavy atom. The molecule has 3 N–H and O–H groups in total. The second-order valence-corrected chi connectivity index (χ2v) is 3.90. The van der Waals surface area contributed by atoms with Crippen molar-refractivity contribution >= 4 is 12.0 Å². The fourth-order valence-electron chi connectivity index (χ4n) is 1.34. The van der Waals surface area contributed by atoms with Crippen LogP contribution in [0.2, 0.25) is 0 Å². The summed E-state index contributed by atoms with van der Waals surface area (Å²) in [5.41, 5.74) is 6.34. The molecule has 5 nitrogen and oxygen atoms in total. The number of amides is 2. The van der Waals surface area contributed by atoms with E-state index in [0.717, 1.165) is 18.4 Å². The number of primary amides is 1. The number of hydrogen-bond donors (Lipinski definition) is 2. The summed E-state index contributed by atoms with van der Waals surface area (Å²) >= 11 is 0. The van der Waals surface area contributed by atoms with Gasteiger partial charge in [-0.3, -0.25) is 0 Å². The summed E-state index contributed by atoms with van der Waals surface area (Å²) in [6, 6.07) is 6.29. The summed E-state index contributed by atoms with van der Waals surface area (Å²) in [5, 5.41) is 2.48. The van der Waals surface area contributed by atoms with E-state index in [1.165, 1.54) is 0 Å². The summed E-state index contributed by atoms with van der Waals surface area (Å²) in [7, 11) is 0. The van der Waals surface area contributed by atoms with Crippen LogP contribution >= 0.6 is 0 Å². The number of nitrogens with one attached hydrogen (secondary N) is 1. The minimum atomic E-state index is -0.571. The standard InChI is InChI=1S/C13H18N2O3/c1-2-3-8-18-12(16)11-6-4-10(5-7-11)9-15-13(14)17/h4-7H,2-3,8-9H2,1H3,(H3,14,15,17). The first kappa shape index (κ1) is 14.0. The molecule has 5 heteroatoms. The molecule has 0 atom stereocenters. The van der Waals surface area contributed by atoms with Crippen LogP contribution in [0.15, 0.2) is 24.3 Å². The van der Waals surface area contributed by atoms with E-state index in [1.807, 2.05) is 6.92 Å². The monoisotopic (exact) mass is 250 g/mol. The summed E-state index contributed by atoms with van der Waals surface area (Å²) in [6.07, 6.45) is 1.86. The van der Waals surface area contributed by atoms with Crippen LogP contribution in [0, 0.1) is 0 Å². The van der Waals surface area contributed by atoms with E-state index >= 15 is 0 Å². The maximum atomic E-state index is 11.6. The van der Waals surface area contributed by atoms with Gasteiger partial charge in [0, 0.05) is 6.54 Å². The van der Waals surface area contributed by atoms with Gasteiger partial charge in [-0.15, -0.1) is 0 Å². The average molecular weight is 250 g/mol. The van der Waals surface area contributed by atoms with Gasteiger partial charge in [-0.25, -0.2) is 9.59 Å². The SMILES string of the molecule is CCCCOC(=O)c1ccc(CNC(N)=O)cc1. The molecule has 0 aliphatic rings. The third kappa shape index (κ3) is 4.86. The van der Waals surface area contributed by atoms with E-state index in [2.05, 4.69) is 5.32 Å². The zero-order chi connectivity index (χ0) is 13.4. The smallest absolute Gasteiger partial charge is 0.338 e. The summed E-state index contributed by atoms with van der Waals surface area (Å²) in [6.45, 7) is 2.83. The lowest BCUT2D eigenvalue weighted by Gasteiger charge is -2.05. The highest BCUT2D eigenvalue weighted by Gasteiger charge is 2.06. The molecule has 0 heterocycles. The van der Waals surface area contributed by atoms with Crippen molar-refractivity contribution in [1.82, 2.24) is 5.32 Å². The molecule has 0 unspecified atom stereocenters. The summed E-state index contributed by atoms with van der Waals surface area (Å²) in [4.78, 5) is 22.1. The normalized spacial score (nSPS) is 9.83. The van der Waals surface area contributed by atoms with Crippen LogP contribution in [0.25, 0.3) is 0 Å². The van der Waals surface area contributed by atoms with Crippen molar-refractivity contribution in [3.05, 3.63) is 35.4 Å². The average Bonchev–Trinajstić information content (AvgIpc) is 2.37. The van der Waals surface area contributed by atoms with Gasteiger partial charge in [0.2, 0.25) is 0 Å². The Labute approximate surface area is 106 Å². The molecule has 0 spiro atoms. The summed E-state index contributed by atoms with van der Waals surface area (Å²) in [5.74, 6) is -0.321. The Morgan fingerprint density at radius 3 is 2.50 bits per heavy atom. The maximum Gasteiger partial charge on any atom is 0.338 e. The number of rotatable bonds is 6. The number of esters is 1. The highest BCUT2D eigenvalue weighted by Crippen LogP contribution is 2.06. The summed E-state index contributed by atoms with van der Waals surface area (Å²) < 4.78 is 5.08. The number of carbonyl (C=O) groups excluding carboxylic acids is 2. The largest absolute Gasteiger partial charge is 0.462 e. The van der Waals surface area contributed by atoms with Crippen LogP contribution in [-0.2, 0) is 11.3 Å². The van der Waals surface area contributed by atoms with Gasteiger partial charge >= 0.3 is 12.0 Å². The molecule has 0 saturated heterocycles. The van der Waals surface area contributed by atoms with Crippen LogP contribution in [-0.4, -0.2) is 18.6 Å². The number of urea groups is 1. The third-order valence-electron chi connectivity index (χ3n) is 2.39. The first-order valence-corrected chi connectivity index (χ1v) is 5.93. The quantitative estimate of drug-likeness (QED) is 0.596. The van der Waals surface area contributed by atoms with Gasteiger partial charge < -0.3 is 15.8 Å². The van der Waals surface area contributed by atoms with Crippen molar-refractivity contribution in [1.29, 1.82) is 0 Å². The molecule has 2 amide bonds. The highest BCUT2D eigenvalue weighted by molar-refractivity contribution is 5.89. The number of hydrogen-bond acceptors (Lipinski definition) is 3. The topological polar surface area (TPSA) is 81.4 Å². The molecular formula is C13H18N2O3. The van der Waals surface area contributed by atoms with Gasteiger partial charge in [0.25, 0.3) is 0 Å². The second kappa shape index (κ2) is 7.32. The Balaban J connectivity index is 2.48. The molecule has 1 rings (SSSR count).